The van der Waals surface area contributed by atoms with Crippen molar-refractivity contribution in [2.75, 3.05) is 12.4 Å². The highest BCUT2D eigenvalue weighted by Gasteiger charge is 2.54. The van der Waals surface area contributed by atoms with Crippen molar-refractivity contribution < 1.29 is 18.9 Å². The van der Waals surface area contributed by atoms with E-state index in [4.69, 9.17) is 18.9 Å². The Morgan fingerprint density at radius 1 is 0.941 bits per heavy atom. The van der Waals surface area contributed by atoms with E-state index in [0.29, 0.717) is 11.9 Å². The maximum atomic E-state index is 5.99. The summed E-state index contributed by atoms with van der Waals surface area (Å²) in [5.41, 5.74) is 0. The molecule has 0 saturated carbocycles. The van der Waals surface area contributed by atoms with Crippen molar-refractivity contribution in [3.05, 3.63) is 0 Å². The van der Waals surface area contributed by atoms with E-state index in [-0.39, 0.29) is 18.3 Å². The Hall–Kier alpha value is 0.190. The van der Waals surface area contributed by atoms with E-state index in [1.807, 2.05) is 39.5 Å². The summed E-state index contributed by atoms with van der Waals surface area (Å²) in [5, 5.41) is 0.323. The quantitative estimate of drug-likeness (QED) is 0.718. The molecule has 0 N–H and O–H groups in total. The number of fused-ring (bicyclic) bond motifs is 1. The van der Waals surface area contributed by atoms with Gasteiger partial charge < -0.3 is 18.9 Å². The molecule has 0 aromatic rings. The van der Waals surface area contributed by atoms with Crippen LogP contribution in [0.4, 0.5) is 0 Å². The van der Waals surface area contributed by atoms with Crippen molar-refractivity contribution in [2.24, 2.45) is 0 Å². The maximum absolute atomic E-state index is 5.99. The Kier molecular flexibility index (Phi) is 2.76. The fourth-order valence-corrected chi connectivity index (χ4v) is 4.21. The molecule has 0 bridgehead atoms. The van der Waals surface area contributed by atoms with Gasteiger partial charge in [0.05, 0.1) is 24.1 Å². The zero-order valence-electron chi connectivity index (χ0n) is 10.8. The highest BCUT2D eigenvalue weighted by atomic mass is 32.2. The molecule has 0 amide bonds. The number of ether oxygens (including phenoxy) is 4. The number of hydrogen-bond acceptors (Lipinski definition) is 5. The van der Waals surface area contributed by atoms with E-state index in [9.17, 15) is 0 Å². The van der Waals surface area contributed by atoms with Crippen molar-refractivity contribution in [3.63, 3.8) is 0 Å². The largest absolute Gasteiger partial charge is 0.348 e. The van der Waals surface area contributed by atoms with Crippen LogP contribution in [-0.2, 0) is 18.9 Å². The number of thioether (sulfide) groups is 1. The van der Waals surface area contributed by atoms with Gasteiger partial charge in [-0.25, -0.2) is 0 Å². The van der Waals surface area contributed by atoms with E-state index in [1.54, 1.807) is 0 Å². The van der Waals surface area contributed by atoms with Crippen molar-refractivity contribution in [1.82, 2.24) is 0 Å². The van der Waals surface area contributed by atoms with Crippen LogP contribution in [0, 0.1) is 0 Å². The molecular weight excluding hydrogens is 240 g/mol. The van der Waals surface area contributed by atoms with Crippen molar-refractivity contribution in [1.29, 1.82) is 0 Å². The van der Waals surface area contributed by atoms with E-state index in [2.05, 4.69) is 0 Å². The average molecular weight is 260 g/mol. The van der Waals surface area contributed by atoms with Gasteiger partial charge >= 0.3 is 0 Å². The lowest BCUT2D eigenvalue weighted by Gasteiger charge is -2.25. The summed E-state index contributed by atoms with van der Waals surface area (Å²) in [4.78, 5) is 0. The lowest BCUT2D eigenvalue weighted by molar-refractivity contribution is -0.154. The molecule has 4 atom stereocenters. The summed E-state index contributed by atoms with van der Waals surface area (Å²) in [7, 11) is 0. The highest BCUT2D eigenvalue weighted by molar-refractivity contribution is 8.00. The molecule has 98 valence electrons. The normalized spacial score (nSPS) is 47.3. The molecule has 3 saturated heterocycles. The first-order valence-electron chi connectivity index (χ1n) is 6.15. The summed E-state index contributed by atoms with van der Waals surface area (Å²) >= 11 is 1.88. The molecule has 17 heavy (non-hydrogen) atoms. The molecule has 3 aliphatic rings. The Balaban J connectivity index is 1.70. The molecule has 0 spiro atoms. The first-order chi connectivity index (χ1) is 7.86. The summed E-state index contributed by atoms with van der Waals surface area (Å²) < 4.78 is 23.4. The fraction of sp³-hybridized carbons (Fsp3) is 1.00. The van der Waals surface area contributed by atoms with E-state index in [0.717, 1.165) is 5.75 Å². The standard InChI is InChI=1S/C12H20O4S/c1-11(2)13-5-7(14-11)10-9-8(6-17-10)15-12(3,4)16-9/h7-10H,5-6H2,1-4H3/t7?,8-,9-,10+/m0/s1. The van der Waals surface area contributed by atoms with Gasteiger partial charge in [0, 0.05) is 5.75 Å². The van der Waals surface area contributed by atoms with Crippen LogP contribution in [-0.4, -0.2) is 47.5 Å². The number of hydrogen-bond donors (Lipinski definition) is 0. The molecule has 3 aliphatic heterocycles. The van der Waals surface area contributed by atoms with Crippen LogP contribution in [0.5, 0.6) is 0 Å². The van der Waals surface area contributed by atoms with Gasteiger partial charge in [-0.1, -0.05) is 0 Å². The molecule has 5 heteroatoms. The van der Waals surface area contributed by atoms with Crippen molar-refractivity contribution in [3.8, 4) is 0 Å². The molecule has 3 fully saturated rings. The summed E-state index contributed by atoms with van der Waals surface area (Å²) in [6.07, 6.45) is 0.451. The third-order valence-corrected chi connectivity index (χ3v) is 4.87. The predicted octanol–water partition coefficient (Wildman–Crippen LogP) is 1.77. The summed E-state index contributed by atoms with van der Waals surface area (Å²) in [5.74, 6) is 0.0703. The van der Waals surface area contributed by atoms with Crippen LogP contribution in [0.3, 0.4) is 0 Å². The Morgan fingerprint density at radius 3 is 2.29 bits per heavy atom. The van der Waals surface area contributed by atoms with Crippen molar-refractivity contribution >= 4 is 11.8 Å². The minimum absolute atomic E-state index is 0.113. The monoisotopic (exact) mass is 260 g/mol. The van der Waals surface area contributed by atoms with Gasteiger partial charge in [0.25, 0.3) is 0 Å². The van der Waals surface area contributed by atoms with Crippen molar-refractivity contribution in [2.45, 2.75) is 62.8 Å². The van der Waals surface area contributed by atoms with Crippen LogP contribution in [0.1, 0.15) is 27.7 Å². The van der Waals surface area contributed by atoms with Crippen LogP contribution in [0.25, 0.3) is 0 Å². The van der Waals surface area contributed by atoms with Gasteiger partial charge in [-0.3, -0.25) is 0 Å². The van der Waals surface area contributed by atoms with Crippen LogP contribution in [0.15, 0.2) is 0 Å². The fourth-order valence-electron chi connectivity index (χ4n) is 2.77. The molecule has 3 rings (SSSR count). The molecule has 1 unspecified atom stereocenters. The zero-order valence-corrected chi connectivity index (χ0v) is 11.6. The number of rotatable bonds is 1. The van der Waals surface area contributed by atoms with Gasteiger partial charge in [-0.05, 0) is 27.7 Å². The van der Waals surface area contributed by atoms with E-state index in [1.165, 1.54) is 0 Å². The van der Waals surface area contributed by atoms with Gasteiger partial charge in [0.1, 0.15) is 6.10 Å². The van der Waals surface area contributed by atoms with E-state index >= 15 is 0 Å². The van der Waals surface area contributed by atoms with Crippen LogP contribution in [0.2, 0.25) is 0 Å². The molecule has 0 aliphatic carbocycles. The van der Waals surface area contributed by atoms with Gasteiger partial charge in [0.15, 0.2) is 11.6 Å². The van der Waals surface area contributed by atoms with Gasteiger partial charge in [-0.2, -0.15) is 11.8 Å². The SMILES string of the molecule is CC1(C)OCC([C@H]2SC[C@@H]3OC(C)(C)O[C@@H]32)O1. The lowest BCUT2D eigenvalue weighted by Crippen LogP contribution is -2.38. The Labute approximate surface area is 106 Å². The average Bonchev–Trinajstić information content (AvgIpc) is 2.77. The third kappa shape index (κ3) is 2.24. The molecule has 4 nitrogen and oxygen atoms in total. The topological polar surface area (TPSA) is 36.9 Å². The second-order valence-electron chi connectivity index (χ2n) is 5.80. The van der Waals surface area contributed by atoms with Crippen LogP contribution < -0.4 is 0 Å². The molecule has 3 heterocycles. The minimum Gasteiger partial charge on any atom is -0.348 e. The minimum atomic E-state index is -0.460. The van der Waals surface area contributed by atoms with Gasteiger partial charge in [-0.15, -0.1) is 0 Å². The highest BCUT2D eigenvalue weighted by Crippen LogP contribution is 2.44. The molecule has 0 radical (unpaired) electrons. The maximum Gasteiger partial charge on any atom is 0.163 e. The Morgan fingerprint density at radius 2 is 1.65 bits per heavy atom. The summed E-state index contributed by atoms with van der Waals surface area (Å²) in [6.45, 7) is 8.52. The first kappa shape index (κ1) is 12.2. The molecule has 0 aromatic heterocycles. The summed E-state index contributed by atoms with van der Waals surface area (Å²) in [6, 6.07) is 0. The third-order valence-electron chi connectivity index (χ3n) is 3.40. The van der Waals surface area contributed by atoms with Crippen LogP contribution >= 0.6 is 11.8 Å². The predicted molar refractivity (Wildman–Crippen MR) is 65.0 cm³/mol. The Bertz CT molecular complexity index is 318. The second-order valence-corrected chi connectivity index (χ2v) is 7.01. The smallest absolute Gasteiger partial charge is 0.163 e. The lowest BCUT2D eigenvalue weighted by atomic mass is 10.1. The first-order valence-corrected chi connectivity index (χ1v) is 7.20. The van der Waals surface area contributed by atoms with E-state index < -0.39 is 11.6 Å². The van der Waals surface area contributed by atoms with Gasteiger partial charge in [0.2, 0.25) is 0 Å². The zero-order chi connectivity index (χ0) is 12.3. The second kappa shape index (κ2) is 3.84. The molecule has 0 aromatic carbocycles. The molecular formula is C12H20O4S.